The zero-order valence-corrected chi connectivity index (χ0v) is 10.5. The summed E-state index contributed by atoms with van der Waals surface area (Å²) in [4.78, 5) is 8.04. The van der Waals surface area contributed by atoms with Gasteiger partial charge >= 0.3 is 0 Å². The normalized spacial score (nSPS) is 23.3. The lowest BCUT2D eigenvalue weighted by molar-refractivity contribution is 0.216. The zero-order chi connectivity index (χ0) is 12.5. The molecule has 1 aliphatic carbocycles. The van der Waals surface area contributed by atoms with Crippen LogP contribution in [0.4, 0.5) is 17.6 Å². The molecule has 0 spiro atoms. The van der Waals surface area contributed by atoms with E-state index in [0.29, 0.717) is 11.9 Å². The van der Waals surface area contributed by atoms with Crippen LogP contribution in [0.1, 0.15) is 39.5 Å². The minimum absolute atomic E-state index is 0.223. The number of rotatable bonds is 2. The molecule has 0 bridgehead atoms. The van der Waals surface area contributed by atoms with Crippen LogP contribution in [0, 0.1) is 5.41 Å². The first-order chi connectivity index (χ1) is 7.97. The molecule has 5 heteroatoms. The molecule has 2 rings (SSSR count). The lowest BCUT2D eigenvalue weighted by atomic mass is 9.73. The lowest BCUT2D eigenvalue weighted by Gasteiger charge is -2.39. The van der Waals surface area contributed by atoms with E-state index in [1.807, 2.05) is 0 Å². The van der Waals surface area contributed by atoms with Crippen molar-refractivity contribution in [3.05, 3.63) is 6.07 Å². The second-order valence-electron chi connectivity index (χ2n) is 5.47. The standard InChI is InChI=1S/C12H21N5/c1-12(2)6-4-3-5-8(12)15-10-7-9(13)16-11(14)17-10/h7-8H,3-6H2,1-2H3,(H5,13,14,15,16,17). The maximum absolute atomic E-state index is 5.66. The molecule has 1 fully saturated rings. The molecule has 5 nitrogen and oxygen atoms in total. The van der Waals surface area contributed by atoms with Gasteiger partial charge in [0.1, 0.15) is 11.6 Å². The van der Waals surface area contributed by atoms with Gasteiger partial charge in [0.15, 0.2) is 0 Å². The lowest BCUT2D eigenvalue weighted by Crippen LogP contribution is -2.39. The van der Waals surface area contributed by atoms with E-state index in [9.17, 15) is 0 Å². The van der Waals surface area contributed by atoms with Crippen LogP contribution in [0.2, 0.25) is 0 Å². The second-order valence-corrected chi connectivity index (χ2v) is 5.47. The van der Waals surface area contributed by atoms with Crippen molar-refractivity contribution in [3.63, 3.8) is 0 Å². The third-order valence-electron chi connectivity index (χ3n) is 3.59. The Morgan fingerprint density at radius 2 is 2.06 bits per heavy atom. The number of hydrogen-bond donors (Lipinski definition) is 3. The van der Waals surface area contributed by atoms with Crippen molar-refractivity contribution in [2.24, 2.45) is 5.41 Å². The Hall–Kier alpha value is -1.52. The van der Waals surface area contributed by atoms with Crippen LogP contribution in [0.5, 0.6) is 0 Å². The van der Waals surface area contributed by atoms with Crippen LogP contribution in [-0.2, 0) is 0 Å². The van der Waals surface area contributed by atoms with Gasteiger partial charge in [0.2, 0.25) is 5.95 Å². The van der Waals surface area contributed by atoms with Gasteiger partial charge < -0.3 is 16.8 Å². The average Bonchev–Trinajstić information content (AvgIpc) is 2.19. The molecule has 0 aromatic carbocycles. The molecule has 0 saturated heterocycles. The predicted octanol–water partition coefficient (Wildman–Crippen LogP) is 2.02. The summed E-state index contributed by atoms with van der Waals surface area (Å²) in [7, 11) is 0. The summed E-state index contributed by atoms with van der Waals surface area (Å²) in [5.41, 5.74) is 11.5. The highest BCUT2D eigenvalue weighted by atomic mass is 15.1. The first-order valence-electron chi connectivity index (χ1n) is 6.14. The summed E-state index contributed by atoms with van der Waals surface area (Å²) in [6, 6.07) is 2.16. The average molecular weight is 235 g/mol. The largest absolute Gasteiger partial charge is 0.383 e. The molecule has 1 saturated carbocycles. The van der Waals surface area contributed by atoms with Gasteiger partial charge in [-0.1, -0.05) is 26.7 Å². The number of nitrogens with two attached hydrogens (primary N) is 2. The summed E-state index contributed by atoms with van der Waals surface area (Å²) >= 11 is 0. The van der Waals surface area contributed by atoms with E-state index in [1.165, 1.54) is 19.3 Å². The minimum Gasteiger partial charge on any atom is -0.383 e. The minimum atomic E-state index is 0.223. The Balaban J connectivity index is 2.14. The summed E-state index contributed by atoms with van der Waals surface area (Å²) in [6.07, 6.45) is 4.97. The molecule has 1 aromatic heterocycles. The SMILES string of the molecule is CC1(C)CCCCC1Nc1cc(N)nc(N)n1. The highest BCUT2D eigenvalue weighted by Crippen LogP contribution is 2.37. The van der Waals surface area contributed by atoms with E-state index in [4.69, 9.17) is 11.5 Å². The number of nitrogens with one attached hydrogen (secondary N) is 1. The first-order valence-corrected chi connectivity index (χ1v) is 6.14. The highest BCUT2D eigenvalue weighted by Gasteiger charge is 2.32. The van der Waals surface area contributed by atoms with E-state index >= 15 is 0 Å². The Morgan fingerprint density at radius 1 is 1.29 bits per heavy atom. The van der Waals surface area contributed by atoms with Gasteiger partial charge in [-0.05, 0) is 18.3 Å². The number of hydrogen-bond acceptors (Lipinski definition) is 5. The summed E-state index contributed by atoms with van der Waals surface area (Å²) in [5.74, 6) is 1.37. The smallest absolute Gasteiger partial charge is 0.223 e. The molecule has 17 heavy (non-hydrogen) atoms. The fourth-order valence-corrected chi connectivity index (χ4v) is 2.50. The number of aromatic nitrogens is 2. The summed E-state index contributed by atoms with van der Waals surface area (Å²) in [5, 5.41) is 3.44. The van der Waals surface area contributed by atoms with Crippen molar-refractivity contribution in [3.8, 4) is 0 Å². The molecule has 1 unspecified atom stereocenters. The van der Waals surface area contributed by atoms with Crippen molar-refractivity contribution in [2.75, 3.05) is 16.8 Å². The Bertz CT molecular complexity index is 382. The Labute approximate surface area is 102 Å². The van der Waals surface area contributed by atoms with Crippen molar-refractivity contribution in [1.82, 2.24) is 9.97 Å². The number of anilines is 3. The van der Waals surface area contributed by atoms with Crippen molar-refractivity contribution < 1.29 is 0 Å². The quantitative estimate of drug-likeness (QED) is 0.729. The zero-order valence-electron chi connectivity index (χ0n) is 10.5. The maximum atomic E-state index is 5.66. The summed E-state index contributed by atoms with van der Waals surface area (Å²) < 4.78 is 0. The number of nitrogen functional groups attached to an aromatic ring is 2. The third-order valence-corrected chi connectivity index (χ3v) is 3.59. The van der Waals surface area contributed by atoms with Gasteiger partial charge in [-0.25, -0.2) is 0 Å². The maximum Gasteiger partial charge on any atom is 0.223 e. The van der Waals surface area contributed by atoms with Crippen LogP contribution in [-0.4, -0.2) is 16.0 Å². The third kappa shape index (κ3) is 2.78. The predicted molar refractivity (Wildman–Crippen MR) is 70.5 cm³/mol. The van der Waals surface area contributed by atoms with Gasteiger partial charge in [0.05, 0.1) is 0 Å². The van der Waals surface area contributed by atoms with Crippen LogP contribution in [0.3, 0.4) is 0 Å². The monoisotopic (exact) mass is 235 g/mol. The van der Waals surface area contributed by atoms with Gasteiger partial charge in [-0.2, -0.15) is 9.97 Å². The van der Waals surface area contributed by atoms with Gasteiger partial charge in [0, 0.05) is 12.1 Å². The molecule has 0 radical (unpaired) electrons. The molecule has 0 amide bonds. The van der Waals surface area contributed by atoms with Crippen molar-refractivity contribution in [2.45, 2.75) is 45.6 Å². The first kappa shape index (κ1) is 12.0. The van der Waals surface area contributed by atoms with E-state index in [-0.39, 0.29) is 11.4 Å². The molecular weight excluding hydrogens is 214 g/mol. The molecule has 5 N–H and O–H groups in total. The van der Waals surface area contributed by atoms with E-state index in [2.05, 4.69) is 29.1 Å². The fourth-order valence-electron chi connectivity index (χ4n) is 2.50. The topological polar surface area (TPSA) is 89.8 Å². The van der Waals surface area contributed by atoms with Crippen molar-refractivity contribution >= 4 is 17.6 Å². The van der Waals surface area contributed by atoms with Crippen LogP contribution in [0.15, 0.2) is 6.07 Å². The van der Waals surface area contributed by atoms with E-state index < -0.39 is 0 Å². The molecule has 1 aromatic rings. The van der Waals surface area contributed by atoms with Crippen LogP contribution in [0.25, 0.3) is 0 Å². The van der Waals surface area contributed by atoms with Gasteiger partial charge in [-0.3, -0.25) is 0 Å². The van der Waals surface area contributed by atoms with E-state index in [0.717, 1.165) is 12.2 Å². The van der Waals surface area contributed by atoms with Gasteiger partial charge in [-0.15, -0.1) is 0 Å². The number of nitrogens with zero attached hydrogens (tertiary/aromatic N) is 2. The van der Waals surface area contributed by atoms with Gasteiger partial charge in [0.25, 0.3) is 0 Å². The Morgan fingerprint density at radius 3 is 2.71 bits per heavy atom. The fraction of sp³-hybridized carbons (Fsp3) is 0.667. The van der Waals surface area contributed by atoms with Crippen LogP contribution < -0.4 is 16.8 Å². The highest BCUT2D eigenvalue weighted by molar-refractivity contribution is 5.49. The molecule has 1 aliphatic rings. The van der Waals surface area contributed by atoms with Crippen LogP contribution >= 0.6 is 0 Å². The van der Waals surface area contributed by atoms with Crippen molar-refractivity contribution in [1.29, 1.82) is 0 Å². The molecular formula is C12H21N5. The second kappa shape index (κ2) is 4.39. The molecule has 1 atom stereocenters. The Kier molecular flexibility index (Phi) is 3.09. The summed E-state index contributed by atoms with van der Waals surface area (Å²) in [6.45, 7) is 4.58. The van der Waals surface area contributed by atoms with E-state index in [1.54, 1.807) is 6.07 Å². The molecule has 94 valence electrons. The molecule has 1 heterocycles. The molecule has 0 aliphatic heterocycles.